The standard InChI is InChI=1S/C16H19N5O4S/c22-15(17-7-11-3-4-13-14(6-11)25-10-24-13)9-26-16-18-19-20-21(16)8-12-2-1-5-23-12/h3-4,6,12H,1-2,5,7-10H2,(H,17,22)/t12-/m1/s1. The molecule has 1 aromatic carbocycles. The lowest BCUT2D eigenvalue weighted by Gasteiger charge is -2.10. The van der Waals surface area contributed by atoms with Crippen LogP contribution in [-0.4, -0.2) is 51.4 Å². The third kappa shape index (κ3) is 4.07. The van der Waals surface area contributed by atoms with Crippen molar-refractivity contribution in [3.63, 3.8) is 0 Å². The van der Waals surface area contributed by atoms with Gasteiger partial charge in [0.1, 0.15) is 0 Å². The van der Waals surface area contributed by atoms with E-state index in [0.717, 1.165) is 30.8 Å². The number of rotatable bonds is 7. The van der Waals surface area contributed by atoms with Gasteiger partial charge >= 0.3 is 0 Å². The van der Waals surface area contributed by atoms with E-state index in [-0.39, 0.29) is 24.6 Å². The molecular formula is C16H19N5O4S. The average molecular weight is 377 g/mol. The SMILES string of the molecule is O=C(CSc1nnnn1C[C@H]1CCCO1)NCc1ccc2c(c1)OCO2. The molecule has 1 aromatic heterocycles. The summed E-state index contributed by atoms with van der Waals surface area (Å²) in [6.07, 6.45) is 2.23. The maximum atomic E-state index is 12.1. The predicted molar refractivity (Wildman–Crippen MR) is 91.9 cm³/mol. The molecule has 2 aliphatic rings. The normalized spacial score (nSPS) is 18.2. The summed E-state index contributed by atoms with van der Waals surface area (Å²) in [6.45, 7) is 2.07. The summed E-state index contributed by atoms with van der Waals surface area (Å²) < 4.78 is 17.9. The van der Waals surface area contributed by atoms with Crippen molar-refractivity contribution in [2.24, 2.45) is 0 Å². The maximum Gasteiger partial charge on any atom is 0.231 e. The average Bonchev–Trinajstić information content (AvgIpc) is 3.40. The van der Waals surface area contributed by atoms with E-state index >= 15 is 0 Å². The minimum atomic E-state index is -0.0840. The molecule has 9 nitrogen and oxygen atoms in total. The molecule has 2 aliphatic heterocycles. The van der Waals surface area contributed by atoms with Crippen molar-refractivity contribution in [1.29, 1.82) is 0 Å². The molecule has 0 aliphatic carbocycles. The van der Waals surface area contributed by atoms with Gasteiger partial charge in [-0.25, -0.2) is 4.68 Å². The molecule has 138 valence electrons. The fourth-order valence-corrected chi connectivity index (χ4v) is 3.54. The summed E-state index contributed by atoms with van der Waals surface area (Å²) in [5.41, 5.74) is 0.954. The van der Waals surface area contributed by atoms with E-state index in [0.29, 0.717) is 24.0 Å². The lowest BCUT2D eigenvalue weighted by atomic mass is 10.2. The van der Waals surface area contributed by atoms with Crippen LogP contribution >= 0.6 is 11.8 Å². The van der Waals surface area contributed by atoms with Crippen LogP contribution in [0.5, 0.6) is 11.5 Å². The molecule has 10 heteroatoms. The van der Waals surface area contributed by atoms with E-state index in [1.807, 2.05) is 18.2 Å². The first-order valence-electron chi connectivity index (χ1n) is 8.44. The van der Waals surface area contributed by atoms with Gasteiger partial charge in [0.25, 0.3) is 0 Å². The van der Waals surface area contributed by atoms with Gasteiger partial charge in [-0.3, -0.25) is 4.79 Å². The highest BCUT2D eigenvalue weighted by molar-refractivity contribution is 7.99. The van der Waals surface area contributed by atoms with Crippen molar-refractivity contribution < 1.29 is 19.0 Å². The summed E-state index contributed by atoms with van der Waals surface area (Å²) in [6, 6.07) is 5.62. The van der Waals surface area contributed by atoms with Crippen LogP contribution < -0.4 is 14.8 Å². The van der Waals surface area contributed by atoms with E-state index < -0.39 is 0 Å². The highest BCUT2D eigenvalue weighted by atomic mass is 32.2. The number of aromatic nitrogens is 4. The van der Waals surface area contributed by atoms with Crippen LogP contribution in [-0.2, 0) is 22.6 Å². The van der Waals surface area contributed by atoms with Gasteiger partial charge in [0, 0.05) is 13.2 Å². The molecule has 1 N–H and O–H groups in total. The zero-order valence-electron chi connectivity index (χ0n) is 14.1. The third-order valence-corrected chi connectivity index (χ3v) is 5.12. The van der Waals surface area contributed by atoms with Crippen molar-refractivity contribution in [3.05, 3.63) is 23.8 Å². The smallest absolute Gasteiger partial charge is 0.231 e. The monoisotopic (exact) mass is 377 g/mol. The van der Waals surface area contributed by atoms with E-state index in [1.165, 1.54) is 11.8 Å². The second kappa shape index (κ2) is 7.92. The van der Waals surface area contributed by atoms with Crippen LogP contribution in [0.1, 0.15) is 18.4 Å². The second-order valence-corrected chi connectivity index (χ2v) is 6.97. The highest BCUT2D eigenvalue weighted by Gasteiger charge is 2.19. The summed E-state index contributed by atoms with van der Waals surface area (Å²) in [7, 11) is 0. The van der Waals surface area contributed by atoms with Gasteiger partial charge in [0.05, 0.1) is 18.4 Å². The number of thioether (sulfide) groups is 1. The van der Waals surface area contributed by atoms with E-state index in [2.05, 4.69) is 20.8 Å². The molecule has 0 unspecified atom stereocenters. The number of hydrogen-bond acceptors (Lipinski definition) is 8. The number of tetrazole rings is 1. The van der Waals surface area contributed by atoms with E-state index in [9.17, 15) is 4.79 Å². The van der Waals surface area contributed by atoms with Gasteiger partial charge in [0.15, 0.2) is 11.5 Å². The quantitative estimate of drug-likeness (QED) is 0.713. The predicted octanol–water partition coefficient (Wildman–Crippen LogP) is 0.989. The number of benzene rings is 1. The second-order valence-electron chi connectivity index (χ2n) is 6.03. The fourth-order valence-electron chi connectivity index (χ4n) is 2.83. The van der Waals surface area contributed by atoms with Crippen LogP contribution in [0.15, 0.2) is 23.4 Å². The lowest BCUT2D eigenvalue weighted by Crippen LogP contribution is -2.25. The lowest BCUT2D eigenvalue weighted by molar-refractivity contribution is -0.118. The zero-order valence-corrected chi connectivity index (χ0v) is 14.9. The number of carbonyl (C=O) groups excluding carboxylic acids is 1. The Morgan fingerprint density at radius 2 is 2.27 bits per heavy atom. The van der Waals surface area contributed by atoms with Crippen molar-refractivity contribution >= 4 is 17.7 Å². The topological polar surface area (TPSA) is 100 Å². The van der Waals surface area contributed by atoms with E-state index in [1.54, 1.807) is 4.68 Å². The first kappa shape index (κ1) is 17.1. The Morgan fingerprint density at radius 1 is 1.35 bits per heavy atom. The first-order valence-corrected chi connectivity index (χ1v) is 9.42. The molecule has 2 aromatic rings. The summed E-state index contributed by atoms with van der Waals surface area (Å²) in [5, 5.41) is 15.2. The molecule has 0 saturated carbocycles. The molecule has 1 atom stereocenters. The fraction of sp³-hybridized carbons (Fsp3) is 0.500. The van der Waals surface area contributed by atoms with Gasteiger partial charge in [-0.2, -0.15) is 0 Å². The highest BCUT2D eigenvalue weighted by Crippen LogP contribution is 2.32. The summed E-state index contributed by atoms with van der Waals surface area (Å²) in [4.78, 5) is 12.1. The van der Waals surface area contributed by atoms with E-state index in [4.69, 9.17) is 14.2 Å². The Kier molecular flexibility index (Phi) is 5.21. The minimum absolute atomic E-state index is 0.0840. The minimum Gasteiger partial charge on any atom is -0.454 e. The molecule has 1 fully saturated rings. The van der Waals surface area contributed by atoms with Crippen molar-refractivity contribution in [2.75, 3.05) is 19.2 Å². The summed E-state index contributed by atoms with van der Waals surface area (Å²) >= 11 is 1.31. The van der Waals surface area contributed by atoms with Crippen molar-refractivity contribution in [1.82, 2.24) is 25.5 Å². The van der Waals surface area contributed by atoms with Crippen molar-refractivity contribution in [3.8, 4) is 11.5 Å². The molecule has 0 bridgehead atoms. The molecular weight excluding hydrogens is 358 g/mol. The number of carbonyl (C=O) groups is 1. The largest absolute Gasteiger partial charge is 0.454 e. The molecule has 3 heterocycles. The number of amides is 1. The first-order chi connectivity index (χ1) is 12.8. The van der Waals surface area contributed by atoms with Crippen LogP contribution in [0, 0.1) is 0 Å². The Balaban J connectivity index is 1.25. The number of fused-ring (bicyclic) bond motifs is 1. The van der Waals surface area contributed by atoms with Crippen LogP contribution in [0.25, 0.3) is 0 Å². The van der Waals surface area contributed by atoms with Gasteiger partial charge in [0.2, 0.25) is 17.9 Å². The number of hydrogen-bond donors (Lipinski definition) is 1. The zero-order chi connectivity index (χ0) is 17.8. The van der Waals surface area contributed by atoms with Gasteiger partial charge in [-0.1, -0.05) is 17.8 Å². The molecule has 26 heavy (non-hydrogen) atoms. The molecule has 0 spiro atoms. The van der Waals surface area contributed by atoms with Crippen LogP contribution in [0.3, 0.4) is 0 Å². The molecule has 1 saturated heterocycles. The van der Waals surface area contributed by atoms with Crippen molar-refractivity contribution in [2.45, 2.75) is 37.2 Å². The molecule has 0 radical (unpaired) electrons. The number of nitrogens with zero attached hydrogens (tertiary/aromatic N) is 4. The summed E-state index contributed by atoms with van der Waals surface area (Å²) in [5.74, 6) is 1.60. The van der Waals surface area contributed by atoms with Gasteiger partial charge in [-0.15, -0.1) is 5.10 Å². The Bertz CT molecular complexity index is 778. The Morgan fingerprint density at radius 3 is 3.15 bits per heavy atom. The van der Waals surface area contributed by atoms with Gasteiger partial charge in [-0.05, 0) is 41.0 Å². The van der Waals surface area contributed by atoms with Gasteiger partial charge < -0.3 is 19.5 Å². The number of ether oxygens (including phenoxy) is 3. The Labute approximate surface area is 154 Å². The molecule has 1 amide bonds. The molecule has 4 rings (SSSR count). The van der Waals surface area contributed by atoms with Crippen LogP contribution in [0.4, 0.5) is 0 Å². The van der Waals surface area contributed by atoms with Crippen LogP contribution in [0.2, 0.25) is 0 Å². The Hall–Kier alpha value is -2.33. The third-order valence-electron chi connectivity index (χ3n) is 4.16. The maximum absolute atomic E-state index is 12.1. The number of nitrogens with one attached hydrogen (secondary N) is 1.